The van der Waals surface area contributed by atoms with Crippen LogP contribution >= 0.6 is 0 Å². The summed E-state index contributed by atoms with van der Waals surface area (Å²) in [6, 6.07) is 32.9. The van der Waals surface area contributed by atoms with E-state index in [1.807, 2.05) is 54.7 Å². The van der Waals surface area contributed by atoms with Gasteiger partial charge < -0.3 is 4.74 Å². The third-order valence-electron chi connectivity index (χ3n) is 5.71. The molecule has 0 N–H and O–H groups in total. The monoisotopic (exact) mass is 617 g/mol. The predicted octanol–water partition coefficient (Wildman–Crippen LogP) is 5.02. The number of hydrogen-bond donors (Lipinski definition) is 0. The van der Waals surface area contributed by atoms with E-state index in [9.17, 15) is 0 Å². The Morgan fingerprint density at radius 3 is 2.38 bits per heavy atom. The summed E-state index contributed by atoms with van der Waals surface area (Å²) in [5, 5.41) is 2.27. The first-order valence-electron chi connectivity index (χ1n) is 10.4. The summed E-state index contributed by atoms with van der Waals surface area (Å²) in [5.74, 6) is 1.25. The number of hydrogen-bond acceptors (Lipinski definition) is 3. The second-order valence-corrected chi connectivity index (χ2v) is 12.9. The minimum Gasteiger partial charge on any atom is -0.466 e. The molecule has 32 heavy (non-hydrogen) atoms. The smallest absolute Gasteiger partial charge is 0.466 e. The first-order valence-corrected chi connectivity index (χ1v) is 13.4. The van der Waals surface area contributed by atoms with E-state index in [1.165, 1.54) is 5.19 Å². The van der Waals surface area contributed by atoms with Crippen molar-refractivity contribution in [1.82, 2.24) is 9.97 Å². The Morgan fingerprint density at radius 1 is 0.875 bits per heavy atom. The van der Waals surface area contributed by atoms with Crippen molar-refractivity contribution in [3.63, 3.8) is 0 Å². The molecule has 164 valence electrons. The number of pyridine rings is 2. The van der Waals surface area contributed by atoms with Gasteiger partial charge in [-0.3, -0.25) is 4.98 Å². The van der Waals surface area contributed by atoms with Gasteiger partial charge >= 0.3 is 21.1 Å². The van der Waals surface area contributed by atoms with Gasteiger partial charge in [-0.2, -0.15) is 53.2 Å². The molecular formula is C27H26N2OPtSi. The number of nitrogens with zero attached hydrogens (tertiary/aromatic N) is 2. The number of rotatable bonds is 6. The van der Waals surface area contributed by atoms with Crippen molar-refractivity contribution >= 4 is 18.6 Å². The molecule has 0 unspecified atom stereocenters. The average Bonchev–Trinajstić information content (AvgIpc) is 2.80. The van der Waals surface area contributed by atoms with Gasteiger partial charge in [0.15, 0.2) is 0 Å². The first kappa shape index (κ1) is 24.1. The molecule has 0 radical (unpaired) electrons. The number of benzene rings is 2. The Hall–Kier alpha value is -2.55. The van der Waals surface area contributed by atoms with E-state index in [0.717, 1.165) is 16.6 Å². The van der Waals surface area contributed by atoms with Crippen LogP contribution in [0.1, 0.15) is 25.1 Å². The van der Waals surface area contributed by atoms with Gasteiger partial charge in [-0.1, -0.05) is 39.1 Å². The molecule has 0 bridgehead atoms. The normalized spacial score (nSPS) is 11.5. The van der Waals surface area contributed by atoms with E-state index in [0.29, 0.717) is 11.6 Å². The van der Waals surface area contributed by atoms with Crippen LogP contribution in [0.3, 0.4) is 0 Å². The zero-order valence-corrected chi connectivity index (χ0v) is 22.0. The molecule has 4 rings (SSSR count). The fourth-order valence-electron chi connectivity index (χ4n) is 3.58. The summed E-state index contributed by atoms with van der Waals surface area (Å²) in [4.78, 5) is 9.44. The number of aromatic nitrogens is 2. The fraction of sp³-hybridized carbons (Fsp3) is 0.185. The van der Waals surface area contributed by atoms with Crippen LogP contribution in [0.15, 0.2) is 85.1 Å². The molecule has 0 saturated carbocycles. The maximum atomic E-state index is 5.92. The largest absolute Gasteiger partial charge is 2.00 e. The molecule has 2 aromatic heterocycles. The summed E-state index contributed by atoms with van der Waals surface area (Å²) < 4.78 is 5.92. The van der Waals surface area contributed by atoms with Gasteiger partial charge in [0.25, 0.3) is 0 Å². The Balaban J connectivity index is 0.00000289. The third kappa shape index (κ3) is 5.08. The zero-order valence-electron chi connectivity index (χ0n) is 18.7. The van der Waals surface area contributed by atoms with Gasteiger partial charge in [0, 0.05) is 34.4 Å². The zero-order chi connectivity index (χ0) is 21.9. The van der Waals surface area contributed by atoms with Gasteiger partial charge in [0.05, 0.1) is 0 Å². The van der Waals surface area contributed by atoms with Crippen molar-refractivity contribution in [2.75, 3.05) is 0 Å². The molecule has 2 aromatic carbocycles. The molecule has 0 aliphatic heterocycles. The Labute approximate surface area is 206 Å². The van der Waals surface area contributed by atoms with Crippen LogP contribution in [0.5, 0.6) is 11.6 Å². The Bertz CT molecular complexity index is 1160. The predicted molar refractivity (Wildman–Crippen MR) is 128 cm³/mol. The van der Waals surface area contributed by atoms with Crippen LogP contribution in [0.2, 0.25) is 13.1 Å². The minimum absolute atomic E-state index is 0. The molecule has 2 heterocycles. The summed E-state index contributed by atoms with van der Waals surface area (Å²) in [6.07, 6.45) is 1.85. The van der Waals surface area contributed by atoms with E-state index in [1.54, 1.807) is 0 Å². The Morgan fingerprint density at radius 2 is 1.66 bits per heavy atom. The maximum Gasteiger partial charge on any atom is 2.00 e. The molecular weight excluding hydrogens is 591 g/mol. The SMILES string of the molecule is CC(C)(c1[c-]c([Si](C)(C)c2cccc(Oc3[c-]cccc3)n2)ccc1)c1ccccn1.[Pt+2]. The molecule has 0 saturated heterocycles. The molecule has 0 amide bonds. The van der Waals surface area contributed by atoms with Gasteiger partial charge in [0.1, 0.15) is 8.07 Å². The number of para-hydroxylation sites is 1. The van der Waals surface area contributed by atoms with Gasteiger partial charge in [-0.05, 0) is 18.2 Å². The van der Waals surface area contributed by atoms with Gasteiger partial charge in [-0.25, -0.2) is 4.98 Å². The van der Waals surface area contributed by atoms with Crippen molar-refractivity contribution in [1.29, 1.82) is 0 Å². The minimum atomic E-state index is -2.09. The summed E-state index contributed by atoms with van der Waals surface area (Å²) >= 11 is 0. The molecule has 0 aliphatic rings. The molecule has 4 aromatic rings. The molecule has 0 aliphatic carbocycles. The van der Waals surface area contributed by atoms with E-state index >= 15 is 0 Å². The van der Waals surface area contributed by atoms with Crippen LogP contribution in [-0.4, -0.2) is 18.0 Å². The first-order chi connectivity index (χ1) is 14.9. The van der Waals surface area contributed by atoms with Gasteiger partial charge in [0.2, 0.25) is 5.88 Å². The van der Waals surface area contributed by atoms with Crippen molar-refractivity contribution in [3.05, 3.63) is 108 Å². The van der Waals surface area contributed by atoms with Gasteiger partial charge in [-0.15, -0.1) is 12.1 Å². The Kier molecular flexibility index (Phi) is 7.48. The van der Waals surface area contributed by atoms with Crippen molar-refractivity contribution < 1.29 is 25.8 Å². The molecule has 5 heteroatoms. The number of ether oxygens (including phenoxy) is 1. The van der Waals surface area contributed by atoms with Crippen LogP contribution in [0.4, 0.5) is 0 Å². The standard InChI is InChI=1S/C27H26N2OSi.Pt/c1-27(2,24-16-8-9-19-28-24)21-12-10-15-23(20-21)31(3,4)26-18-11-17-25(29-26)30-22-13-6-5-7-14-22;/h5-13,15-19H,1-4H3;/q-2;+2. The van der Waals surface area contributed by atoms with Crippen LogP contribution < -0.4 is 15.2 Å². The molecule has 0 spiro atoms. The fourth-order valence-corrected chi connectivity index (χ4v) is 5.72. The molecule has 0 atom stereocenters. The van der Waals surface area contributed by atoms with Crippen LogP contribution in [0.25, 0.3) is 0 Å². The molecule has 0 fully saturated rings. The van der Waals surface area contributed by atoms with Crippen molar-refractivity contribution in [2.24, 2.45) is 0 Å². The van der Waals surface area contributed by atoms with E-state index in [2.05, 4.69) is 74.4 Å². The average molecular weight is 618 g/mol. The van der Waals surface area contributed by atoms with E-state index in [-0.39, 0.29) is 26.5 Å². The summed E-state index contributed by atoms with van der Waals surface area (Å²) in [5.41, 5.74) is 1.94. The topological polar surface area (TPSA) is 35.0 Å². The molecule has 3 nitrogen and oxygen atoms in total. The second kappa shape index (κ2) is 9.93. The maximum absolute atomic E-state index is 5.92. The third-order valence-corrected chi connectivity index (χ3v) is 8.90. The van der Waals surface area contributed by atoms with E-state index in [4.69, 9.17) is 9.72 Å². The second-order valence-electron chi connectivity index (χ2n) is 8.63. The quantitative estimate of drug-likeness (QED) is 0.225. The van der Waals surface area contributed by atoms with Crippen molar-refractivity contribution in [3.8, 4) is 11.6 Å². The van der Waals surface area contributed by atoms with Crippen molar-refractivity contribution in [2.45, 2.75) is 32.4 Å². The van der Waals surface area contributed by atoms with Crippen LogP contribution in [-0.2, 0) is 26.5 Å². The van der Waals surface area contributed by atoms with E-state index < -0.39 is 8.07 Å². The summed E-state index contributed by atoms with van der Waals surface area (Å²) in [7, 11) is -2.09. The van der Waals surface area contributed by atoms with Crippen LogP contribution in [0, 0.1) is 12.1 Å². The summed E-state index contributed by atoms with van der Waals surface area (Å²) in [6.45, 7) is 9.00.